The highest BCUT2D eigenvalue weighted by Crippen LogP contribution is 2.33. The van der Waals surface area contributed by atoms with Crippen LogP contribution in [0.1, 0.15) is 85.0 Å². The molecule has 2 heteroatoms. The summed E-state index contributed by atoms with van der Waals surface area (Å²) in [4.78, 5) is 2.77. The molecule has 120 valence electrons. The Morgan fingerprint density at radius 2 is 1.60 bits per heavy atom. The van der Waals surface area contributed by atoms with Gasteiger partial charge in [0.05, 0.1) is 0 Å². The first-order valence-electron chi connectivity index (χ1n) is 9.11. The van der Waals surface area contributed by atoms with Crippen molar-refractivity contribution in [3.05, 3.63) is 0 Å². The van der Waals surface area contributed by atoms with Gasteiger partial charge in [0.1, 0.15) is 0 Å². The number of rotatable bonds is 11. The van der Waals surface area contributed by atoms with Gasteiger partial charge in [-0.25, -0.2) is 0 Å². The number of nitrogens with two attached hydrogens (primary N) is 1. The Kier molecular flexibility index (Phi) is 8.79. The molecule has 0 bridgehead atoms. The van der Waals surface area contributed by atoms with Gasteiger partial charge in [-0.1, -0.05) is 58.8 Å². The lowest BCUT2D eigenvalue weighted by atomic mass is 9.86. The van der Waals surface area contributed by atoms with Crippen molar-refractivity contribution in [3.8, 4) is 0 Å². The zero-order chi connectivity index (χ0) is 14.8. The second kappa shape index (κ2) is 9.78. The van der Waals surface area contributed by atoms with Crippen LogP contribution in [-0.4, -0.2) is 30.1 Å². The maximum atomic E-state index is 5.87. The van der Waals surface area contributed by atoms with Crippen LogP contribution in [0.2, 0.25) is 0 Å². The summed E-state index contributed by atoms with van der Waals surface area (Å²) >= 11 is 0. The van der Waals surface area contributed by atoms with E-state index in [9.17, 15) is 0 Å². The van der Waals surface area contributed by atoms with Crippen molar-refractivity contribution in [3.63, 3.8) is 0 Å². The standard InChI is InChI=1S/C18H38N2/c1-4-6-8-10-13-18(3,12-9-7-5-2)20-14-11-17(15-19)16-20/h17H,4-16,19H2,1-3H3. The SMILES string of the molecule is CCCCCCC(C)(CCCCC)N1CCC(CN)C1. The minimum absolute atomic E-state index is 0.437. The van der Waals surface area contributed by atoms with Crippen LogP contribution < -0.4 is 5.73 Å². The zero-order valence-corrected chi connectivity index (χ0v) is 14.3. The Hall–Kier alpha value is -0.0800. The molecule has 2 nitrogen and oxygen atoms in total. The van der Waals surface area contributed by atoms with E-state index < -0.39 is 0 Å². The minimum atomic E-state index is 0.437. The Balaban J connectivity index is 2.49. The lowest BCUT2D eigenvalue weighted by molar-refractivity contribution is 0.103. The highest BCUT2D eigenvalue weighted by atomic mass is 15.2. The molecule has 2 atom stereocenters. The molecule has 1 aliphatic heterocycles. The Bertz CT molecular complexity index is 242. The molecule has 0 amide bonds. The second-order valence-electron chi connectivity index (χ2n) is 7.10. The molecule has 1 aliphatic rings. The van der Waals surface area contributed by atoms with E-state index in [4.69, 9.17) is 5.73 Å². The van der Waals surface area contributed by atoms with Crippen molar-refractivity contribution in [2.45, 2.75) is 90.5 Å². The predicted molar refractivity (Wildman–Crippen MR) is 90.0 cm³/mol. The average Bonchev–Trinajstić information content (AvgIpc) is 2.94. The summed E-state index contributed by atoms with van der Waals surface area (Å²) in [6.07, 6.45) is 13.7. The first-order valence-corrected chi connectivity index (χ1v) is 9.11. The smallest absolute Gasteiger partial charge is 0.0181 e. The van der Waals surface area contributed by atoms with E-state index >= 15 is 0 Å². The Morgan fingerprint density at radius 1 is 1.00 bits per heavy atom. The number of unbranched alkanes of at least 4 members (excludes halogenated alkanes) is 5. The number of hydrogen-bond donors (Lipinski definition) is 1. The van der Waals surface area contributed by atoms with Crippen LogP contribution in [0.15, 0.2) is 0 Å². The molecule has 0 aromatic heterocycles. The molecular weight excluding hydrogens is 244 g/mol. The first-order chi connectivity index (χ1) is 9.66. The summed E-state index contributed by atoms with van der Waals surface area (Å²) < 4.78 is 0. The lowest BCUT2D eigenvalue weighted by Crippen LogP contribution is -2.45. The van der Waals surface area contributed by atoms with E-state index in [1.807, 2.05) is 0 Å². The van der Waals surface area contributed by atoms with Crippen LogP contribution in [0.3, 0.4) is 0 Å². The number of hydrogen-bond acceptors (Lipinski definition) is 2. The topological polar surface area (TPSA) is 29.3 Å². The predicted octanol–water partition coefficient (Wildman–Crippen LogP) is 4.58. The molecule has 0 saturated carbocycles. The van der Waals surface area contributed by atoms with Crippen LogP contribution in [0, 0.1) is 5.92 Å². The van der Waals surface area contributed by atoms with E-state index in [0.717, 1.165) is 12.5 Å². The fourth-order valence-corrected chi connectivity index (χ4v) is 3.65. The molecule has 0 aliphatic carbocycles. The lowest BCUT2D eigenvalue weighted by Gasteiger charge is -2.40. The van der Waals surface area contributed by atoms with E-state index in [0.29, 0.717) is 5.54 Å². The molecule has 1 heterocycles. The van der Waals surface area contributed by atoms with E-state index in [1.165, 1.54) is 77.3 Å². The van der Waals surface area contributed by atoms with Crippen LogP contribution in [0.25, 0.3) is 0 Å². The highest BCUT2D eigenvalue weighted by Gasteiger charge is 2.35. The van der Waals surface area contributed by atoms with Gasteiger partial charge in [-0.3, -0.25) is 4.90 Å². The fraction of sp³-hybridized carbons (Fsp3) is 1.00. The summed E-state index contributed by atoms with van der Waals surface area (Å²) in [5.41, 5.74) is 6.31. The summed E-state index contributed by atoms with van der Waals surface area (Å²) in [5.74, 6) is 0.746. The van der Waals surface area contributed by atoms with Crippen molar-refractivity contribution < 1.29 is 0 Å². The zero-order valence-electron chi connectivity index (χ0n) is 14.3. The number of likely N-dealkylation sites (tertiary alicyclic amines) is 1. The maximum absolute atomic E-state index is 5.87. The van der Waals surface area contributed by atoms with Gasteiger partial charge in [0.15, 0.2) is 0 Å². The van der Waals surface area contributed by atoms with Gasteiger partial charge in [0.25, 0.3) is 0 Å². The normalized spacial score (nSPS) is 23.1. The molecule has 0 aromatic rings. The highest BCUT2D eigenvalue weighted by molar-refractivity contribution is 4.91. The second-order valence-corrected chi connectivity index (χ2v) is 7.10. The molecule has 0 spiro atoms. The van der Waals surface area contributed by atoms with Crippen LogP contribution in [0.4, 0.5) is 0 Å². The quantitative estimate of drug-likeness (QED) is 0.562. The van der Waals surface area contributed by atoms with Gasteiger partial charge in [-0.2, -0.15) is 0 Å². The molecular formula is C18H38N2. The molecule has 1 fully saturated rings. The maximum Gasteiger partial charge on any atom is 0.0181 e. The monoisotopic (exact) mass is 282 g/mol. The van der Waals surface area contributed by atoms with Gasteiger partial charge in [-0.05, 0) is 45.2 Å². The summed E-state index contributed by atoms with van der Waals surface area (Å²) in [6, 6.07) is 0. The van der Waals surface area contributed by atoms with E-state index in [-0.39, 0.29) is 0 Å². The number of nitrogens with zero attached hydrogens (tertiary/aromatic N) is 1. The van der Waals surface area contributed by atoms with Crippen molar-refractivity contribution in [2.75, 3.05) is 19.6 Å². The summed E-state index contributed by atoms with van der Waals surface area (Å²) in [5, 5.41) is 0. The largest absolute Gasteiger partial charge is 0.330 e. The Morgan fingerprint density at radius 3 is 2.15 bits per heavy atom. The fourth-order valence-electron chi connectivity index (χ4n) is 3.65. The van der Waals surface area contributed by atoms with Crippen molar-refractivity contribution in [1.82, 2.24) is 4.90 Å². The third kappa shape index (κ3) is 5.73. The summed E-state index contributed by atoms with van der Waals surface area (Å²) in [6.45, 7) is 10.5. The molecule has 1 rings (SSSR count). The molecule has 0 radical (unpaired) electrons. The Labute approximate surface area is 127 Å². The van der Waals surface area contributed by atoms with E-state index in [2.05, 4.69) is 25.7 Å². The van der Waals surface area contributed by atoms with Gasteiger partial charge in [0, 0.05) is 12.1 Å². The van der Waals surface area contributed by atoms with Crippen LogP contribution in [0.5, 0.6) is 0 Å². The van der Waals surface area contributed by atoms with Crippen LogP contribution in [-0.2, 0) is 0 Å². The molecule has 1 saturated heterocycles. The van der Waals surface area contributed by atoms with Crippen molar-refractivity contribution in [1.29, 1.82) is 0 Å². The molecule has 2 unspecified atom stereocenters. The molecule has 2 N–H and O–H groups in total. The third-order valence-corrected chi connectivity index (χ3v) is 5.27. The third-order valence-electron chi connectivity index (χ3n) is 5.27. The van der Waals surface area contributed by atoms with Gasteiger partial charge >= 0.3 is 0 Å². The molecule has 0 aromatic carbocycles. The average molecular weight is 283 g/mol. The first kappa shape index (κ1) is 18.0. The van der Waals surface area contributed by atoms with E-state index in [1.54, 1.807) is 0 Å². The van der Waals surface area contributed by atoms with Gasteiger partial charge < -0.3 is 5.73 Å². The van der Waals surface area contributed by atoms with Crippen LogP contribution >= 0.6 is 0 Å². The van der Waals surface area contributed by atoms with Gasteiger partial charge in [-0.15, -0.1) is 0 Å². The summed E-state index contributed by atoms with van der Waals surface area (Å²) in [7, 11) is 0. The van der Waals surface area contributed by atoms with Crippen molar-refractivity contribution in [2.24, 2.45) is 11.7 Å². The molecule has 20 heavy (non-hydrogen) atoms. The van der Waals surface area contributed by atoms with Gasteiger partial charge in [0.2, 0.25) is 0 Å². The van der Waals surface area contributed by atoms with Crippen molar-refractivity contribution >= 4 is 0 Å². The minimum Gasteiger partial charge on any atom is -0.330 e.